The topological polar surface area (TPSA) is 46.2 Å². The summed E-state index contributed by atoms with van der Waals surface area (Å²) in [5.74, 6) is 1.62. The molecule has 0 amide bonds. The summed E-state index contributed by atoms with van der Waals surface area (Å²) in [6.45, 7) is 2.36. The van der Waals surface area contributed by atoms with Crippen molar-refractivity contribution < 1.29 is 5.11 Å². The zero-order chi connectivity index (χ0) is 12.3. The summed E-state index contributed by atoms with van der Waals surface area (Å²) in [7, 11) is 0. The first-order chi connectivity index (χ1) is 8.20. The van der Waals surface area contributed by atoms with Gasteiger partial charge in [0.15, 0.2) is 0 Å². The fraction of sp³-hybridized carbons (Fsp3) is 0.600. The molecule has 17 heavy (non-hydrogen) atoms. The van der Waals surface area contributed by atoms with Gasteiger partial charge >= 0.3 is 0 Å². The molecule has 0 bridgehead atoms. The van der Waals surface area contributed by atoms with Crippen molar-refractivity contribution in [3.63, 3.8) is 0 Å². The van der Waals surface area contributed by atoms with E-state index in [0.29, 0.717) is 0 Å². The van der Waals surface area contributed by atoms with Crippen molar-refractivity contribution in [2.75, 3.05) is 6.61 Å². The van der Waals surface area contributed by atoms with Crippen molar-refractivity contribution in [3.8, 4) is 0 Å². The Morgan fingerprint density at radius 1 is 1.18 bits per heavy atom. The number of aliphatic hydroxyl groups excluding tert-OH is 1. The Balaban J connectivity index is 2.02. The van der Waals surface area contributed by atoms with Crippen LogP contribution in [0.2, 0.25) is 0 Å². The highest BCUT2D eigenvalue weighted by Gasteiger charge is 2.19. The van der Waals surface area contributed by atoms with Gasteiger partial charge in [0.1, 0.15) is 0 Å². The molecule has 0 saturated heterocycles. The molecule has 2 nitrogen and oxygen atoms in total. The number of benzene rings is 1. The average Bonchev–Trinajstić information content (AvgIpc) is 2.39. The fourth-order valence-corrected chi connectivity index (χ4v) is 2.71. The largest absolute Gasteiger partial charge is 0.394 e. The lowest BCUT2D eigenvalue weighted by Crippen LogP contribution is -2.15. The summed E-state index contributed by atoms with van der Waals surface area (Å²) in [6.07, 6.45) is 5.32. The van der Waals surface area contributed by atoms with Crippen molar-refractivity contribution in [3.05, 3.63) is 35.4 Å². The monoisotopic (exact) mass is 233 g/mol. The van der Waals surface area contributed by atoms with Crippen molar-refractivity contribution in [1.29, 1.82) is 0 Å². The SMILES string of the molecule is CC1CCC(c2ccc(C(N)CO)cc2)CC1. The Hall–Kier alpha value is -0.860. The van der Waals surface area contributed by atoms with E-state index in [1.165, 1.54) is 31.2 Å². The minimum absolute atomic E-state index is 0.0142. The van der Waals surface area contributed by atoms with E-state index >= 15 is 0 Å². The first-order valence-electron chi connectivity index (χ1n) is 6.67. The van der Waals surface area contributed by atoms with Crippen LogP contribution in [0.25, 0.3) is 0 Å². The van der Waals surface area contributed by atoms with Gasteiger partial charge in [-0.25, -0.2) is 0 Å². The molecular weight excluding hydrogens is 210 g/mol. The lowest BCUT2D eigenvalue weighted by atomic mass is 9.79. The average molecular weight is 233 g/mol. The Bertz CT molecular complexity index is 338. The van der Waals surface area contributed by atoms with Crippen molar-refractivity contribution in [2.24, 2.45) is 11.7 Å². The van der Waals surface area contributed by atoms with Gasteiger partial charge in [-0.3, -0.25) is 0 Å². The molecule has 1 aliphatic rings. The molecule has 0 heterocycles. The van der Waals surface area contributed by atoms with Gasteiger partial charge in [-0.05, 0) is 35.8 Å². The molecule has 1 saturated carbocycles. The Morgan fingerprint density at radius 3 is 2.29 bits per heavy atom. The lowest BCUT2D eigenvalue weighted by molar-refractivity contribution is 0.268. The molecule has 1 unspecified atom stereocenters. The summed E-state index contributed by atoms with van der Waals surface area (Å²) < 4.78 is 0. The van der Waals surface area contributed by atoms with Crippen molar-refractivity contribution >= 4 is 0 Å². The number of rotatable bonds is 3. The second-order valence-electron chi connectivity index (χ2n) is 5.41. The van der Waals surface area contributed by atoms with Crippen LogP contribution >= 0.6 is 0 Å². The highest BCUT2D eigenvalue weighted by molar-refractivity contribution is 5.27. The zero-order valence-electron chi connectivity index (χ0n) is 10.6. The third-order valence-corrected chi connectivity index (χ3v) is 4.05. The molecule has 2 heteroatoms. The van der Waals surface area contributed by atoms with Crippen LogP contribution in [0, 0.1) is 5.92 Å². The van der Waals surface area contributed by atoms with E-state index in [1.807, 2.05) is 0 Å². The van der Waals surface area contributed by atoms with E-state index in [1.54, 1.807) is 0 Å². The highest BCUT2D eigenvalue weighted by Crippen LogP contribution is 2.35. The minimum atomic E-state index is -0.240. The van der Waals surface area contributed by atoms with Crippen LogP contribution in [0.3, 0.4) is 0 Å². The van der Waals surface area contributed by atoms with Gasteiger partial charge in [-0.2, -0.15) is 0 Å². The minimum Gasteiger partial charge on any atom is -0.394 e. The maximum atomic E-state index is 9.01. The summed E-state index contributed by atoms with van der Waals surface area (Å²) >= 11 is 0. The summed E-state index contributed by atoms with van der Waals surface area (Å²) in [4.78, 5) is 0. The summed E-state index contributed by atoms with van der Waals surface area (Å²) in [5, 5.41) is 9.01. The predicted octanol–water partition coefficient (Wildman–Crippen LogP) is 2.97. The molecule has 1 aromatic rings. The Labute approximate surface area is 104 Å². The van der Waals surface area contributed by atoms with Gasteiger partial charge in [0.25, 0.3) is 0 Å². The van der Waals surface area contributed by atoms with E-state index in [9.17, 15) is 0 Å². The van der Waals surface area contributed by atoms with Gasteiger partial charge in [0.2, 0.25) is 0 Å². The number of aliphatic hydroxyl groups is 1. The van der Waals surface area contributed by atoms with E-state index in [-0.39, 0.29) is 12.6 Å². The van der Waals surface area contributed by atoms with Crippen LogP contribution in [0.4, 0.5) is 0 Å². The molecule has 0 radical (unpaired) electrons. The van der Waals surface area contributed by atoms with Crippen LogP contribution in [0.15, 0.2) is 24.3 Å². The van der Waals surface area contributed by atoms with Crippen LogP contribution in [0.5, 0.6) is 0 Å². The first kappa shape index (κ1) is 12.6. The van der Waals surface area contributed by atoms with Gasteiger partial charge in [-0.1, -0.05) is 44.0 Å². The number of hydrogen-bond acceptors (Lipinski definition) is 2. The predicted molar refractivity (Wildman–Crippen MR) is 70.8 cm³/mol. The number of hydrogen-bond donors (Lipinski definition) is 2. The van der Waals surface area contributed by atoms with E-state index in [2.05, 4.69) is 31.2 Å². The molecule has 1 aromatic carbocycles. The van der Waals surface area contributed by atoms with Crippen molar-refractivity contribution in [1.82, 2.24) is 0 Å². The smallest absolute Gasteiger partial charge is 0.0624 e. The first-order valence-corrected chi connectivity index (χ1v) is 6.67. The third kappa shape index (κ3) is 3.08. The zero-order valence-corrected chi connectivity index (χ0v) is 10.6. The van der Waals surface area contributed by atoms with Crippen LogP contribution in [0.1, 0.15) is 55.7 Å². The third-order valence-electron chi connectivity index (χ3n) is 4.05. The quantitative estimate of drug-likeness (QED) is 0.843. The van der Waals surface area contributed by atoms with Crippen molar-refractivity contribution in [2.45, 2.75) is 44.6 Å². The van der Waals surface area contributed by atoms with Gasteiger partial charge in [0, 0.05) is 0 Å². The maximum Gasteiger partial charge on any atom is 0.0624 e. The van der Waals surface area contributed by atoms with E-state index in [0.717, 1.165) is 17.4 Å². The molecule has 1 fully saturated rings. The van der Waals surface area contributed by atoms with Gasteiger partial charge in [-0.15, -0.1) is 0 Å². The lowest BCUT2D eigenvalue weighted by Gasteiger charge is -2.26. The van der Waals surface area contributed by atoms with E-state index < -0.39 is 0 Å². The molecule has 0 aliphatic heterocycles. The molecule has 3 N–H and O–H groups in total. The summed E-state index contributed by atoms with van der Waals surface area (Å²) in [6, 6.07) is 8.26. The molecular formula is C15H23NO. The molecule has 1 atom stereocenters. The molecule has 2 rings (SSSR count). The molecule has 0 spiro atoms. The number of nitrogens with two attached hydrogens (primary N) is 1. The second kappa shape index (κ2) is 5.65. The molecule has 1 aliphatic carbocycles. The molecule has 0 aromatic heterocycles. The standard InChI is InChI=1S/C15H23NO/c1-11-2-4-12(5-3-11)13-6-8-14(9-7-13)15(16)10-17/h6-9,11-12,15,17H,2-5,10,16H2,1H3. The Morgan fingerprint density at radius 2 is 1.76 bits per heavy atom. The molecule has 94 valence electrons. The van der Waals surface area contributed by atoms with Crippen LogP contribution in [-0.2, 0) is 0 Å². The van der Waals surface area contributed by atoms with Gasteiger partial charge in [0.05, 0.1) is 12.6 Å². The fourth-order valence-electron chi connectivity index (χ4n) is 2.71. The second-order valence-corrected chi connectivity index (χ2v) is 5.41. The van der Waals surface area contributed by atoms with E-state index in [4.69, 9.17) is 10.8 Å². The van der Waals surface area contributed by atoms with Gasteiger partial charge < -0.3 is 10.8 Å². The Kier molecular flexibility index (Phi) is 4.19. The van der Waals surface area contributed by atoms with Crippen LogP contribution < -0.4 is 5.73 Å². The maximum absolute atomic E-state index is 9.01. The highest BCUT2D eigenvalue weighted by atomic mass is 16.3. The normalized spacial score (nSPS) is 26.8. The summed E-state index contributed by atoms with van der Waals surface area (Å²) in [5.41, 5.74) is 8.26. The van der Waals surface area contributed by atoms with Crippen LogP contribution in [-0.4, -0.2) is 11.7 Å².